The predicted octanol–water partition coefficient (Wildman–Crippen LogP) is 20.4. The highest BCUT2D eigenvalue weighted by molar-refractivity contribution is 6.11. The number of nitriles is 1. The van der Waals surface area contributed by atoms with Crippen LogP contribution in [0.15, 0.2) is 224 Å². The molecule has 3 nitrogen and oxygen atoms in total. The summed E-state index contributed by atoms with van der Waals surface area (Å²) in [6, 6.07) is 82.1. The Morgan fingerprint density at radius 2 is 1.05 bits per heavy atom. The van der Waals surface area contributed by atoms with Crippen molar-refractivity contribution in [3.05, 3.63) is 263 Å². The summed E-state index contributed by atoms with van der Waals surface area (Å²) in [6.07, 6.45) is 4.52. The van der Waals surface area contributed by atoms with Crippen LogP contribution in [0.3, 0.4) is 0 Å². The molecule has 10 aromatic carbocycles. The van der Waals surface area contributed by atoms with Gasteiger partial charge in [-0.05, 0) is 163 Å². The van der Waals surface area contributed by atoms with Crippen molar-refractivity contribution in [2.75, 3.05) is 4.90 Å². The van der Waals surface area contributed by atoms with Crippen molar-refractivity contribution >= 4 is 49.6 Å². The number of aromatic nitrogens is 1. The van der Waals surface area contributed by atoms with E-state index in [1.807, 2.05) is 32.0 Å². The molecule has 1 heterocycles. The van der Waals surface area contributed by atoms with E-state index in [0.29, 0.717) is 5.56 Å². The molecule has 0 fully saturated rings. The molecule has 11 aromatic rings. The first-order valence-corrected chi connectivity index (χ1v) is 26.9. The van der Waals surface area contributed by atoms with Gasteiger partial charge < -0.3 is 9.47 Å². The van der Waals surface area contributed by atoms with Gasteiger partial charge in [-0.2, -0.15) is 5.26 Å². The van der Waals surface area contributed by atoms with Crippen molar-refractivity contribution in [3.8, 4) is 34.0 Å². The van der Waals surface area contributed by atoms with Crippen LogP contribution >= 0.6 is 0 Å². The Morgan fingerprint density at radius 1 is 0.467 bits per heavy atom. The van der Waals surface area contributed by atoms with Crippen molar-refractivity contribution in [1.82, 2.24) is 4.57 Å². The Bertz CT molecular complexity index is 3760. The lowest BCUT2D eigenvalue weighted by molar-refractivity contribution is 0.436. The zero-order chi connectivity index (χ0) is 52.5. The molecule has 75 heavy (non-hydrogen) atoms. The van der Waals surface area contributed by atoms with E-state index in [-0.39, 0.29) is 5.41 Å². The maximum Gasteiger partial charge on any atom is 0.0991 e. The van der Waals surface area contributed by atoms with Crippen molar-refractivity contribution < 1.29 is 0 Å². The van der Waals surface area contributed by atoms with Gasteiger partial charge in [0.1, 0.15) is 0 Å². The molecule has 0 saturated heterocycles. The SMILES string of the molecule is CC.CCCC1(CCC)c2cc(C)ccc2-c2c1cc(N(c1ccc(C#N)cc1)c1cccc(C)c1)c1ccccc21.Cc1cccc2c1c1ccccc1n2-c1ccccc1.Cc1ccccc1-c1ccccc1. The molecular formula is C72H69N3. The number of fused-ring (bicyclic) bond motifs is 8. The zero-order valence-corrected chi connectivity index (χ0v) is 45.0. The minimum atomic E-state index is -0.0120. The zero-order valence-electron chi connectivity index (χ0n) is 45.0. The smallest absolute Gasteiger partial charge is 0.0991 e. The third-order valence-corrected chi connectivity index (χ3v) is 14.8. The van der Waals surface area contributed by atoms with E-state index in [4.69, 9.17) is 0 Å². The van der Waals surface area contributed by atoms with Crippen LogP contribution in [-0.4, -0.2) is 4.57 Å². The lowest BCUT2D eigenvalue weighted by atomic mass is 9.71. The van der Waals surface area contributed by atoms with Crippen molar-refractivity contribution in [3.63, 3.8) is 0 Å². The van der Waals surface area contributed by atoms with Crippen LogP contribution in [0.25, 0.3) is 60.5 Å². The van der Waals surface area contributed by atoms with Crippen LogP contribution in [0.4, 0.5) is 17.1 Å². The minimum Gasteiger partial charge on any atom is -0.310 e. The molecule has 1 aliphatic carbocycles. The van der Waals surface area contributed by atoms with Gasteiger partial charge in [0, 0.05) is 38.6 Å². The highest BCUT2D eigenvalue weighted by atomic mass is 15.1. The molecule has 372 valence electrons. The number of anilines is 3. The third-order valence-electron chi connectivity index (χ3n) is 14.8. The Hall–Kier alpha value is -8.45. The largest absolute Gasteiger partial charge is 0.310 e. The van der Waals surface area contributed by atoms with Gasteiger partial charge in [0.2, 0.25) is 0 Å². The van der Waals surface area contributed by atoms with Crippen molar-refractivity contribution in [2.24, 2.45) is 0 Å². The topological polar surface area (TPSA) is 32.0 Å². The molecule has 0 saturated carbocycles. The van der Waals surface area contributed by atoms with Crippen LogP contribution in [-0.2, 0) is 5.41 Å². The summed E-state index contributed by atoms with van der Waals surface area (Å²) in [5, 5.41) is 14.7. The Kier molecular flexibility index (Phi) is 15.9. The molecule has 12 rings (SSSR count). The number of hydrogen-bond donors (Lipinski definition) is 0. The van der Waals surface area contributed by atoms with Gasteiger partial charge in [0.15, 0.2) is 0 Å². The number of hydrogen-bond acceptors (Lipinski definition) is 2. The molecule has 3 heteroatoms. The second kappa shape index (κ2) is 23.2. The summed E-state index contributed by atoms with van der Waals surface area (Å²) < 4.78 is 2.34. The third kappa shape index (κ3) is 10.1. The number of aryl methyl sites for hydroxylation is 4. The highest BCUT2D eigenvalue weighted by Gasteiger charge is 2.43. The molecular weight excluding hydrogens is 907 g/mol. The van der Waals surface area contributed by atoms with Gasteiger partial charge in [-0.3, -0.25) is 0 Å². The average Bonchev–Trinajstić information content (AvgIpc) is 3.94. The van der Waals surface area contributed by atoms with Gasteiger partial charge in [0.25, 0.3) is 0 Å². The number of benzene rings is 10. The van der Waals surface area contributed by atoms with Gasteiger partial charge in [-0.25, -0.2) is 0 Å². The molecule has 0 unspecified atom stereocenters. The fourth-order valence-electron chi connectivity index (χ4n) is 11.6. The first-order valence-electron chi connectivity index (χ1n) is 26.9. The average molecular weight is 976 g/mol. The van der Waals surface area contributed by atoms with Gasteiger partial charge in [-0.1, -0.05) is 204 Å². The Balaban J connectivity index is 0.000000161. The molecule has 0 aliphatic heterocycles. The van der Waals surface area contributed by atoms with Crippen LogP contribution in [0.5, 0.6) is 0 Å². The maximum atomic E-state index is 9.49. The highest BCUT2D eigenvalue weighted by Crippen LogP contribution is 2.58. The number of rotatable bonds is 9. The quantitative estimate of drug-likeness (QED) is 0.144. The maximum absolute atomic E-state index is 9.49. The molecule has 0 N–H and O–H groups in total. The first-order chi connectivity index (χ1) is 36.7. The summed E-state index contributed by atoms with van der Waals surface area (Å²) >= 11 is 0. The molecule has 0 radical (unpaired) electrons. The second-order valence-electron chi connectivity index (χ2n) is 19.7. The Morgan fingerprint density at radius 3 is 1.73 bits per heavy atom. The molecule has 0 atom stereocenters. The lowest BCUT2D eigenvalue weighted by Gasteiger charge is -2.34. The summed E-state index contributed by atoms with van der Waals surface area (Å²) in [6.45, 7) is 17.3. The van der Waals surface area contributed by atoms with E-state index < -0.39 is 0 Å². The molecule has 1 aliphatic rings. The normalized spacial score (nSPS) is 11.8. The molecule has 1 aromatic heterocycles. The monoisotopic (exact) mass is 976 g/mol. The van der Waals surface area contributed by atoms with E-state index in [0.717, 1.165) is 37.1 Å². The van der Waals surface area contributed by atoms with E-state index in [1.54, 1.807) is 0 Å². The van der Waals surface area contributed by atoms with Crippen LogP contribution in [0.1, 0.15) is 92.3 Å². The number of nitrogens with zero attached hydrogens (tertiary/aromatic N) is 3. The van der Waals surface area contributed by atoms with Crippen LogP contribution in [0.2, 0.25) is 0 Å². The van der Waals surface area contributed by atoms with Crippen molar-refractivity contribution in [2.45, 2.75) is 86.5 Å². The van der Waals surface area contributed by atoms with E-state index in [2.05, 4.69) is 263 Å². The van der Waals surface area contributed by atoms with Gasteiger partial charge in [-0.15, -0.1) is 0 Å². The van der Waals surface area contributed by atoms with E-state index in [1.165, 1.54) is 99.6 Å². The summed E-state index contributed by atoms with van der Waals surface area (Å²) in [7, 11) is 0. The van der Waals surface area contributed by atoms with Crippen LogP contribution < -0.4 is 4.90 Å². The van der Waals surface area contributed by atoms with Gasteiger partial charge in [0.05, 0.1) is 28.4 Å². The first kappa shape index (κ1) is 51.5. The fraction of sp³-hybridized carbons (Fsp3) is 0.181. The molecule has 0 amide bonds. The number of para-hydroxylation sites is 2. The lowest BCUT2D eigenvalue weighted by Crippen LogP contribution is -2.25. The van der Waals surface area contributed by atoms with Crippen LogP contribution in [0, 0.1) is 39.0 Å². The van der Waals surface area contributed by atoms with Crippen molar-refractivity contribution in [1.29, 1.82) is 5.26 Å². The molecule has 0 spiro atoms. The fourth-order valence-corrected chi connectivity index (χ4v) is 11.6. The standard InChI is InChI=1S/C38H36N2.C19H15N.C13H12.C2H6/c1-5-20-38(21-6-2)34-23-27(4)14-19-33(34)37-32-13-8-7-12-31(32)36(24-35(37)38)40(30-11-9-10-26(3)22-30)29-17-15-28(25-39)16-18-29;1-14-8-7-13-18-19(14)16-11-5-6-12-17(16)20(18)15-9-3-2-4-10-15;1-11-7-5-6-10-13(11)12-8-3-2-4-9-12;1-2/h7-19,22-24H,5-6,20-21H2,1-4H3;2-13H,1H3;2-10H,1H3;1-2H3. The molecule has 0 bridgehead atoms. The summed E-state index contributed by atoms with van der Waals surface area (Å²) in [5.41, 5.74) is 21.3. The predicted molar refractivity (Wildman–Crippen MR) is 322 cm³/mol. The summed E-state index contributed by atoms with van der Waals surface area (Å²) in [5.74, 6) is 0. The van der Waals surface area contributed by atoms with E-state index in [9.17, 15) is 5.26 Å². The van der Waals surface area contributed by atoms with E-state index >= 15 is 0 Å². The minimum absolute atomic E-state index is 0.0120. The van der Waals surface area contributed by atoms with Gasteiger partial charge >= 0.3 is 0 Å². The Labute approximate surface area is 446 Å². The second-order valence-corrected chi connectivity index (χ2v) is 19.7. The summed E-state index contributed by atoms with van der Waals surface area (Å²) in [4.78, 5) is 2.38.